The minimum Gasteiger partial charge on any atom is -0.352 e. The van der Waals surface area contributed by atoms with E-state index in [1.165, 1.54) is 12.1 Å². The molecule has 1 fully saturated rings. The molecule has 0 unspecified atom stereocenters. The molecule has 0 aromatic heterocycles. The van der Waals surface area contributed by atoms with Crippen LogP contribution in [0.5, 0.6) is 0 Å². The Morgan fingerprint density at radius 2 is 1.74 bits per heavy atom. The van der Waals surface area contributed by atoms with E-state index in [0.717, 1.165) is 24.0 Å². The van der Waals surface area contributed by atoms with E-state index in [4.69, 9.17) is 11.6 Å². The van der Waals surface area contributed by atoms with Crippen molar-refractivity contribution < 1.29 is 18.0 Å². The molecule has 0 atom stereocenters. The van der Waals surface area contributed by atoms with E-state index in [1.807, 2.05) is 11.6 Å². The molecule has 1 aliphatic heterocycles. The van der Waals surface area contributed by atoms with Crippen molar-refractivity contribution in [2.75, 3.05) is 19.6 Å². The number of amides is 3. The van der Waals surface area contributed by atoms with Crippen LogP contribution in [0.2, 0.25) is 5.02 Å². The highest BCUT2D eigenvalue weighted by Crippen LogP contribution is 2.16. The standard InChI is InChI=1S/C21H25ClN4O4S/c1-15-14-17(6-9-19(15)22)20(27)23-11-10-16-4-7-18(8-5-16)31(29,30)25-21(28)24-26-12-2-3-13-26/h4-9,14H,2-3,10-13H2,1H3,(H,23,27)(H2,24,25,28). The summed E-state index contributed by atoms with van der Waals surface area (Å²) in [7, 11) is -3.96. The SMILES string of the molecule is Cc1cc(C(=O)NCCc2ccc(S(=O)(=O)NC(=O)NN3CCCC3)cc2)ccc1Cl. The Morgan fingerprint density at radius 1 is 1.06 bits per heavy atom. The van der Waals surface area contributed by atoms with Crippen molar-refractivity contribution >= 4 is 33.6 Å². The second kappa shape index (κ2) is 10.1. The van der Waals surface area contributed by atoms with E-state index >= 15 is 0 Å². The first kappa shape index (κ1) is 23.1. The molecule has 3 N–H and O–H groups in total. The van der Waals surface area contributed by atoms with Gasteiger partial charge in [0.15, 0.2) is 0 Å². The van der Waals surface area contributed by atoms with Crippen LogP contribution < -0.4 is 15.5 Å². The summed E-state index contributed by atoms with van der Waals surface area (Å²) in [4.78, 5) is 24.1. The maximum atomic E-state index is 12.4. The maximum absolute atomic E-state index is 12.4. The van der Waals surface area contributed by atoms with Crippen molar-refractivity contribution in [2.24, 2.45) is 0 Å². The molecular formula is C21H25ClN4O4S. The first-order valence-corrected chi connectivity index (χ1v) is 11.8. The Balaban J connectivity index is 1.50. The van der Waals surface area contributed by atoms with Crippen LogP contribution in [0.15, 0.2) is 47.4 Å². The summed E-state index contributed by atoms with van der Waals surface area (Å²) in [6.07, 6.45) is 2.46. The predicted octanol–water partition coefficient (Wildman–Crippen LogP) is 2.62. The zero-order chi connectivity index (χ0) is 22.4. The van der Waals surface area contributed by atoms with Crippen molar-refractivity contribution in [1.82, 2.24) is 20.5 Å². The molecular weight excluding hydrogens is 440 g/mol. The van der Waals surface area contributed by atoms with E-state index in [9.17, 15) is 18.0 Å². The van der Waals surface area contributed by atoms with Gasteiger partial charge in [0.1, 0.15) is 0 Å². The number of halogens is 1. The number of rotatable bonds is 7. The number of sulfonamides is 1. The average Bonchev–Trinajstić information content (AvgIpc) is 3.22. The van der Waals surface area contributed by atoms with Crippen LogP contribution >= 0.6 is 11.6 Å². The number of benzene rings is 2. The lowest BCUT2D eigenvalue weighted by molar-refractivity contribution is 0.0954. The molecule has 2 aromatic rings. The van der Waals surface area contributed by atoms with Crippen LogP contribution in [-0.2, 0) is 16.4 Å². The Kier molecular flexibility index (Phi) is 7.53. The number of nitrogens with one attached hydrogen (secondary N) is 3. The van der Waals surface area contributed by atoms with Gasteiger partial charge in [-0.3, -0.25) is 10.2 Å². The van der Waals surface area contributed by atoms with E-state index in [-0.39, 0.29) is 10.8 Å². The molecule has 1 saturated heterocycles. The summed E-state index contributed by atoms with van der Waals surface area (Å²) >= 11 is 5.98. The fraction of sp³-hybridized carbons (Fsp3) is 0.333. The summed E-state index contributed by atoms with van der Waals surface area (Å²) in [6.45, 7) is 3.63. The van der Waals surface area contributed by atoms with E-state index in [2.05, 4.69) is 10.7 Å². The summed E-state index contributed by atoms with van der Waals surface area (Å²) in [6, 6.07) is 10.5. The highest BCUT2D eigenvalue weighted by atomic mass is 35.5. The third-order valence-corrected chi connectivity index (χ3v) is 6.72. The molecule has 8 nitrogen and oxygen atoms in total. The highest BCUT2D eigenvalue weighted by molar-refractivity contribution is 7.90. The molecule has 1 heterocycles. The van der Waals surface area contributed by atoms with Crippen molar-refractivity contribution in [3.05, 3.63) is 64.2 Å². The fourth-order valence-electron chi connectivity index (χ4n) is 3.22. The summed E-state index contributed by atoms with van der Waals surface area (Å²) in [5.74, 6) is -0.202. The number of hydrogen-bond donors (Lipinski definition) is 3. The largest absolute Gasteiger partial charge is 0.352 e. The third kappa shape index (κ3) is 6.43. The summed E-state index contributed by atoms with van der Waals surface area (Å²) in [5, 5.41) is 5.12. The van der Waals surface area contributed by atoms with Gasteiger partial charge in [0, 0.05) is 30.2 Å². The smallest absolute Gasteiger partial charge is 0.343 e. The van der Waals surface area contributed by atoms with Gasteiger partial charge in [-0.15, -0.1) is 0 Å². The van der Waals surface area contributed by atoms with Crippen LogP contribution in [0.3, 0.4) is 0 Å². The van der Waals surface area contributed by atoms with E-state index < -0.39 is 16.1 Å². The predicted molar refractivity (Wildman–Crippen MR) is 118 cm³/mol. The van der Waals surface area contributed by atoms with Gasteiger partial charge in [0.2, 0.25) is 0 Å². The van der Waals surface area contributed by atoms with Crippen molar-refractivity contribution in [3.8, 4) is 0 Å². The molecule has 3 amide bonds. The van der Waals surface area contributed by atoms with Gasteiger partial charge < -0.3 is 5.32 Å². The number of nitrogens with zero attached hydrogens (tertiary/aromatic N) is 1. The molecule has 2 aromatic carbocycles. The Morgan fingerprint density at radius 3 is 2.39 bits per heavy atom. The average molecular weight is 465 g/mol. The Labute approximate surface area is 187 Å². The molecule has 31 heavy (non-hydrogen) atoms. The molecule has 10 heteroatoms. The quantitative estimate of drug-likeness (QED) is 0.583. The summed E-state index contributed by atoms with van der Waals surface area (Å²) in [5.41, 5.74) is 4.74. The van der Waals surface area contributed by atoms with E-state index in [0.29, 0.717) is 36.6 Å². The molecule has 0 aliphatic carbocycles. The van der Waals surface area contributed by atoms with Crippen LogP contribution in [0.25, 0.3) is 0 Å². The molecule has 0 saturated carbocycles. The molecule has 0 radical (unpaired) electrons. The van der Waals surface area contributed by atoms with Gasteiger partial charge in [0.25, 0.3) is 15.9 Å². The summed E-state index contributed by atoms with van der Waals surface area (Å²) < 4.78 is 26.8. The lowest BCUT2D eigenvalue weighted by Gasteiger charge is -2.16. The molecule has 3 rings (SSSR count). The second-order valence-corrected chi connectivity index (χ2v) is 9.44. The van der Waals surface area contributed by atoms with Gasteiger partial charge in [-0.25, -0.2) is 22.9 Å². The van der Waals surface area contributed by atoms with Crippen molar-refractivity contribution in [1.29, 1.82) is 0 Å². The molecule has 0 bridgehead atoms. The first-order valence-electron chi connectivity index (χ1n) is 9.96. The number of hydrogen-bond acceptors (Lipinski definition) is 5. The monoisotopic (exact) mass is 464 g/mol. The molecule has 166 valence electrons. The highest BCUT2D eigenvalue weighted by Gasteiger charge is 2.20. The fourth-order valence-corrected chi connectivity index (χ4v) is 4.24. The Bertz CT molecular complexity index is 1050. The number of carbonyl (C=O) groups is 2. The van der Waals surface area contributed by atoms with Crippen molar-refractivity contribution in [3.63, 3.8) is 0 Å². The van der Waals surface area contributed by atoms with Crippen LogP contribution in [0.1, 0.15) is 34.3 Å². The second-order valence-electron chi connectivity index (χ2n) is 7.35. The minimum absolute atomic E-state index is 0.00602. The normalized spacial score (nSPS) is 14.3. The molecule has 1 aliphatic rings. The number of hydrazine groups is 1. The van der Waals surface area contributed by atoms with Gasteiger partial charge in [-0.05, 0) is 67.6 Å². The number of urea groups is 1. The topological polar surface area (TPSA) is 108 Å². The number of aryl methyl sites for hydroxylation is 1. The lowest BCUT2D eigenvalue weighted by atomic mass is 10.1. The third-order valence-electron chi connectivity index (χ3n) is 4.95. The van der Waals surface area contributed by atoms with E-state index in [1.54, 1.807) is 35.3 Å². The maximum Gasteiger partial charge on any atom is 0.343 e. The zero-order valence-corrected chi connectivity index (χ0v) is 18.7. The molecule has 0 spiro atoms. The first-order chi connectivity index (χ1) is 14.7. The lowest BCUT2D eigenvalue weighted by Crippen LogP contribution is -2.47. The van der Waals surface area contributed by atoms with Gasteiger partial charge in [0.05, 0.1) is 4.90 Å². The van der Waals surface area contributed by atoms with Crippen molar-refractivity contribution in [2.45, 2.75) is 31.1 Å². The zero-order valence-electron chi connectivity index (χ0n) is 17.2. The van der Waals surface area contributed by atoms with Crippen LogP contribution in [0, 0.1) is 6.92 Å². The van der Waals surface area contributed by atoms with Crippen LogP contribution in [0.4, 0.5) is 4.79 Å². The van der Waals surface area contributed by atoms with Crippen LogP contribution in [-0.4, -0.2) is 45.0 Å². The van der Waals surface area contributed by atoms with Gasteiger partial charge in [-0.1, -0.05) is 23.7 Å². The Hall–Kier alpha value is -2.62. The van der Waals surface area contributed by atoms with Gasteiger partial charge >= 0.3 is 6.03 Å². The minimum atomic E-state index is -3.96. The van der Waals surface area contributed by atoms with Gasteiger partial charge in [-0.2, -0.15) is 0 Å². The number of carbonyl (C=O) groups excluding carboxylic acids is 2.